The number of nitrogens with one attached hydrogen (secondary N) is 1. The summed E-state index contributed by atoms with van der Waals surface area (Å²) in [6, 6.07) is 1.85. The molecule has 3 aromatic heterocycles. The van der Waals surface area contributed by atoms with Crippen molar-refractivity contribution < 1.29 is 9.47 Å². The fourth-order valence-electron chi connectivity index (χ4n) is 2.71. The molecule has 0 aliphatic carbocycles. The van der Waals surface area contributed by atoms with E-state index in [1.54, 1.807) is 25.8 Å². The van der Waals surface area contributed by atoms with E-state index in [9.17, 15) is 0 Å². The number of methoxy groups -OCH3 is 1. The molecule has 0 radical (unpaired) electrons. The van der Waals surface area contributed by atoms with Crippen LogP contribution in [-0.2, 0) is 0 Å². The highest BCUT2D eigenvalue weighted by Crippen LogP contribution is 2.30. The van der Waals surface area contributed by atoms with E-state index in [4.69, 9.17) is 9.47 Å². The lowest BCUT2D eigenvalue weighted by molar-refractivity contribution is 0.307. The van der Waals surface area contributed by atoms with Gasteiger partial charge in [0, 0.05) is 19.3 Å². The van der Waals surface area contributed by atoms with Crippen LogP contribution >= 0.6 is 0 Å². The van der Waals surface area contributed by atoms with E-state index in [0.29, 0.717) is 29.9 Å². The molecule has 0 bridgehead atoms. The summed E-state index contributed by atoms with van der Waals surface area (Å²) in [7, 11) is 3.58. The lowest BCUT2D eigenvalue weighted by Crippen LogP contribution is -2.30. The van der Waals surface area contributed by atoms with Gasteiger partial charge in [-0.1, -0.05) is 0 Å². The van der Waals surface area contributed by atoms with Crippen LogP contribution in [0, 0.1) is 6.92 Å². The quantitative estimate of drug-likeness (QED) is 0.761. The molecule has 0 amide bonds. The van der Waals surface area contributed by atoms with Gasteiger partial charge in [0.15, 0.2) is 23.1 Å². The Morgan fingerprint density at radius 3 is 2.85 bits per heavy atom. The summed E-state index contributed by atoms with van der Waals surface area (Å²) in [5, 5.41) is 3.16. The van der Waals surface area contributed by atoms with Crippen molar-refractivity contribution >= 4 is 17.5 Å². The normalized spacial score (nSPS) is 13.1. The average molecular weight is 353 g/mol. The number of rotatable bonds is 4. The minimum absolute atomic E-state index is 0.469. The van der Waals surface area contributed by atoms with Crippen molar-refractivity contribution in [1.82, 2.24) is 24.5 Å². The van der Waals surface area contributed by atoms with Gasteiger partial charge in [-0.3, -0.25) is 4.57 Å². The van der Waals surface area contributed by atoms with Crippen LogP contribution in [0.3, 0.4) is 0 Å². The fraction of sp³-hybridized carbons (Fsp3) is 0.294. The van der Waals surface area contributed by atoms with Gasteiger partial charge >= 0.3 is 0 Å². The Balaban J connectivity index is 1.62. The van der Waals surface area contributed by atoms with E-state index in [-0.39, 0.29) is 0 Å². The lowest BCUT2D eigenvalue weighted by Gasteiger charge is -2.26. The molecule has 9 heteroatoms. The van der Waals surface area contributed by atoms with E-state index in [1.807, 2.05) is 35.7 Å². The Morgan fingerprint density at radius 2 is 2.08 bits per heavy atom. The highest BCUT2D eigenvalue weighted by Gasteiger charge is 2.18. The number of imidazole rings is 1. The molecule has 134 valence electrons. The summed E-state index contributed by atoms with van der Waals surface area (Å²) >= 11 is 0. The molecule has 9 nitrogen and oxygen atoms in total. The van der Waals surface area contributed by atoms with Crippen LogP contribution in [0.2, 0.25) is 0 Å². The lowest BCUT2D eigenvalue weighted by atomic mass is 10.3. The minimum Gasteiger partial charge on any atom is -0.493 e. The van der Waals surface area contributed by atoms with Crippen molar-refractivity contribution in [3.05, 3.63) is 36.7 Å². The average Bonchev–Trinajstić information content (AvgIpc) is 3.08. The van der Waals surface area contributed by atoms with E-state index in [0.717, 1.165) is 23.7 Å². The number of pyridine rings is 1. The van der Waals surface area contributed by atoms with Gasteiger partial charge in [-0.25, -0.2) is 15.0 Å². The largest absolute Gasteiger partial charge is 0.493 e. The molecule has 0 saturated heterocycles. The van der Waals surface area contributed by atoms with Crippen LogP contribution in [0.25, 0.3) is 5.82 Å². The maximum Gasteiger partial charge on any atom is 0.229 e. The van der Waals surface area contributed by atoms with Crippen LogP contribution in [0.1, 0.15) is 5.69 Å². The van der Waals surface area contributed by atoms with Gasteiger partial charge in [0.25, 0.3) is 0 Å². The van der Waals surface area contributed by atoms with E-state index >= 15 is 0 Å². The standard InChI is InChI=1S/C17H19N7O2/c1-11-9-24(10-20-11)15-13(25-3)6-12(7-18-15)21-17-19-8-14-16(22-17)23(2)4-5-26-14/h6-10H,4-5H2,1-3H3,(H,19,21,22). The van der Waals surface area contributed by atoms with E-state index in [1.165, 1.54) is 0 Å². The number of nitrogens with zero attached hydrogens (tertiary/aromatic N) is 6. The first-order valence-electron chi connectivity index (χ1n) is 8.17. The zero-order valence-corrected chi connectivity index (χ0v) is 14.8. The number of aryl methyl sites for hydroxylation is 1. The number of hydrogen-bond donors (Lipinski definition) is 1. The summed E-state index contributed by atoms with van der Waals surface area (Å²) in [5.74, 6) is 3.20. The Kier molecular flexibility index (Phi) is 4.04. The maximum atomic E-state index is 5.57. The zero-order valence-electron chi connectivity index (χ0n) is 14.8. The van der Waals surface area contributed by atoms with Crippen LogP contribution in [0.5, 0.6) is 11.5 Å². The summed E-state index contributed by atoms with van der Waals surface area (Å²) in [6.07, 6.45) is 6.97. The second kappa shape index (κ2) is 6.51. The maximum absolute atomic E-state index is 5.57. The highest BCUT2D eigenvalue weighted by molar-refractivity contribution is 5.61. The van der Waals surface area contributed by atoms with Gasteiger partial charge in [-0.2, -0.15) is 4.98 Å². The molecular formula is C17H19N7O2. The number of anilines is 3. The minimum atomic E-state index is 0.469. The first kappa shape index (κ1) is 16.1. The second-order valence-electron chi connectivity index (χ2n) is 5.95. The molecule has 0 spiro atoms. The van der Waals surface area contributed by atoms with Crippen LogP contribution < -0.4 is 19.7 Å². The number of hydrogen-bond acceptors (Lipinski definition) is 8. The molecule has 26 heavy (non-hydrogen) atoms. The third kappa shape index (κ3) is 2.99. The van der Waals surface area contributed by atoms with Gasteiger partial charge in [0.1, 0.15) is 12.9 Å². The monoisotopic (exact) mass is 353 g/mol. The Morgan fingerprint density at radius 1 is 1.19 bits per heavy atom. The topological polar surface area (TPSA) is 90.2 Å². The van der Waals surface area contributed by atoms with Crippen LogP contribution in [-0.4, -0.2) is 51.8 Å². The highest BCUT2D eigenvalue weighted by atomic mass is 16.5. The molecule has 0 saturated carbocycles. The molecule has 0 unspecified atom stereocenters. The van der Waals surface area contributed by atoms with Crippen molar-refractivity contribution in [3.63, 3.8) is 0 Å². The summed E-state index contributed by atoms with van der Waals surface area (Å²) in [4.78, 5) is 19.6. The van der Waals surface area contributed by atoms with Gasteiger partial charge in [0.2, 0.25) is 5.95 Å². The molecule has 4 rings (SSSR count). The van der Waals surface area contributed by atoms with Crippen LogP contribution in [0.4, 0.5) is 17.5 Å². The van der Waals surface area contributed by atoms with Crippen molar-refractivity contribution in [2.75, 3.05) is 37.5 Å². The molecule has 0 aromatic carbocycles. The molecular weight excluding hydrogens is 334 g/mol. The molecule has 0 atom stereocenters. The van der Waals surface area contributed by atoms with Gasteiger partial charge in [-0.05, 0) is 6.92 Å². The summed E-state index contributed by atoms with van der Waals surface area (Å²) in [5.41, 5.74) is 1.63. The van der Waals surface area contributed by atoms with Gasteiger partial charge in [0.05, 0.1) is 37.4 Å². The molecule has 0 fully saturated rings. The summed E-state index contributed by atoms with van der Waals surface area (Å²) in [6.45, 7) is 3.35. The van der Waals surface area contributed by atoms with E-state index < -0.39 is 0 Å². The number of ether oxygens (including phenoxy) is 2. The second-order valence-corrected chi connectivity index (χ2v) is 5.95. The van der Waals surface area contributed by atoms with Crippen molar-refractivity contribution in [3.8, 4) is 17.3 Å². The molecule has 1 aliphatic rings. The molecule has 1 N–H and O–H groups in total. The zero-order chi connectivity index (χ0) is 18.1. The number of aromatic nitrogens is 5. The van der Waals surface area contributed by atoms with Gasteiger partial charge < -0.3 is 19.7 Å². The predicted octanol–water partition coefficient (Wildman–Crippen LogP) is 1.95. The predicted molar refractivity (Wildman–Crippen MR) is 96.7 cm³/mol. The van der Waals surface area contributed by atoms with Crippen molar-refractivity contribution in [2.24, 2.45) is 0 Å². The SMILES string of the molecule is COc1cc(Nc2ncc3c(n2)N(C)CCO3)cnc1-n1cnc(C)c1. The molecule has 4 heterocycles. The van der Waals surface area contributed by atoms with Gasteiger partial charge in [-0.15, -0.1) is 0 Å². The van der Waals surface area contributed by atoms with Crippen LogP contribution in [0.15, 0.2) is 31.0 Å². The first-order valence-corrected chi connectivity index (χ1v) is 8.17. The van der Waals surface area contributed by atoms with Crippen molar-refractivity contribution in [1.29, 1.82) is 0 Å². The number of fused-ring (bicyclic) bond motifs is 1. The molecule has 1 aliphatic heterocycles. The summed E-state index contributed by atoms with van der Waals surface area (Å²) < 4.78 is 12.9. The first-order chi connectivity index (χ1) is 12.6. The molecule has 3 aromatic rings. The fourth-order valence-corrected chi connectivity index (χ4v) is 2.71. The third-order valence-corrected chi connectivity index (χ3v) is 4.05. The van der Waals surface area contributed by atoms with Crippen molar-refractivity contribution in [2.45, 2.75) is 6.92 Å². The smallest absolute Gasteiger partial charge is 0.229 e. The third-order valence-electron chi connectivity index (χ3n) is 4.05. The Bertz CT molecular complexity index is 941. The Labute approximate surface area is 150 Å². The Hall–Kier alpha value is -3.36. The van der Waals surface area contributed by atoms with E-state index in [2.05, 4.69) is 25.3 Å². The number of likely N-dealkylation sites (N-methyl/N-ethyl adjacent to an activating group) is 1.